The Kier molecular flexibility index (Phi) is 4.21. The number of rotatable bonds is 4. The lowest BCUT2D eigenvalue weighted by molar-refractivity contribution is -0.384. The first-order chi connectivity index (χ1) is 9.46. The first kappa shape index (κ1) is 14.7. The molecule has 1 aliphatic heterocycles. The average molecular weight is 301 g/mol. The molecule has 20 heavy (non-hydrogen) atoms. The lowest BCUT2D eigenvalue weighted by Gasteiger charge is -2.26. The van der Waals surface area contributed by atoms with Crippen molar-refractivity contribution in [3.05, 3.63) is 28.3 Å². The maximum atomic E-state index is 12.5. The van der Waals surface area contributed by atoms with E-state index in [1.807, 2.05) is 0 Å². The average Bonchev–Trinajstić information content (AvgIpc) is 2.47. The minimum absolute atomic E-state index is 0.0347. The monoisotopic (exact) mass is 301 g/mol. The van der Waals surface area contributed by atoms with Crippen molar-refractivity contribution >= 4 is 21.4 Å². The molecule has 0 unspecified atom stereocenters. The zero-order chi connectivity index (χ0) is 14.8. The summed E-state index contributed by atoms with van der Waals surface area (Å²) in [5, 5.41) is 13.4. The Labute approximate surface area is 116 Å². The van der Waals surface area contributed by atoms with Gasteiger partial charge in [-0.25, -0.2) is 8.42 Å². The molecule has 0 spiro atoms. The third-order valence-corrected chi connectivity index (χ3v) is 4.99. The molecule has 1 heterocycles. The Hall–Kier alpha value is -1.71. The van der Waals surface area contributed by atoms with Crippen molar-refractivity contribution in [2.24, 2.45) is 0 Å². The molecule has 0 aromatic heterocycles. The van der Waals surface area contributed by atoms with Crippen LogP contribution >= 0.6 is 0 Å². The maximum Gasteiger partial charge on any atom is 0.271 e. The van der Waals surface area contributed by atoms with E-state index < -0.39 is 14.9 Å². The molecule has 1 saturated heterocycles. The lowest BCUT2D eigenvalue weighted by atomic mass is 10.3. The van der Waals surface area contributed by atoms with Crippen LogP contribution in [0, 0.1) is 10.1 Å². The number of non-ortho nitro benzene ring substituents is 1. The molecule has 110 valence electrons. The number of morpholine rings is 1. The number of nitrogens with one attached hydrogen (secondary N) is 1. The zero-order valence-electron chi connectivity index (χ0n) is 10.9. The molecule has 1 aromatic carbocycles. The number of hydrogen-bond acceptors (Lipinski definition) is 6. The van der Waals surface area contributed by atoms with Gasteiger partial charge >= 0.3 is 0 Å². The van der Waals surface area contributed by atoms with E-state index in [-0.39, 0.29) is 29.4 Å². The molecule has 1 aromatic rings. The molecular formula is C11H15N3O5S. The second-order valence-corrected chi connectivity index (χ2v) is 6.11. The Morgan fingerprint density at radius 2 is 2.00 bits per heavy atom. The Morgan fingerprint density at radius 1 is 1.35 bits per heavy atom. The molecule has 0 atom stereocenters. The van der Waals surface area contributed by atoms with Gasteiger partial charge in [0.25, 0.3) is 5.69 Å². The number of ether oxygens (including phenoxy) is 1. The molecule has 0 amide bonds. The van der Waals surface area contributed by atoms with Gasteiger partial charge in [-0.05, 0) is 6.07 Å². The smallest absolute Gasteiger partial charge is 0.271 e. The summed E-state index contributed by atoms with van der Waals surface area (Å²) in [4.78, 5) is 10.2. The maximum absolute atomic E-state index is 12.5. The van der Waals surface area contributed by atoms with Crippen molar-refractivity contribution in [1.29, 1.82) is 0 Å². The van der Waals surface area contributed by atoms with Gasteiger partial charge in [0, 0.05) is 32.3 Å². The first-order valence-corrected chi connectivity index (χ1v) is 7.45. The number of nitrogens with zero attached hydrogens (tertiary/aromatic N) is 2. The second-order valence-electron chi connectivity index (χ2n) is 4.20. The summed E-state index contributed by atoms with van der Waals surface area (Å²) in [6.45, 7) is 1.26. The van der Waals surface area contributed by atoms with Gasteiger partial charge in [0.05, 0.1) is 23.8 Å². The fourth-order valence-corrected chi connectivity index (χ4v) is 3.56. The topological polar surface area (TPSA) is 102 Å². The van der Waals surface area contributed by atoms with Crippen LogP contribution in [0.5, 0.6) is 0 Å². The van der Waals surface area contributed by atoms with Crippen molar-refractivity contribution in [3.8, 4) is 0 Å². The Balaban J connectivity index is 2.42. The third-order valence-electron chi connectivity index (χ3n) is 3.03. The molecule has 1 aliphatic rings. The summed E-state index contributed by atoms with van der Waals surface area (Å²) in [7, 11) is -2.15. The molecule has 0 bridgehead atoms. The molecule has 1 fully saturated rings. The minimum Gasteiger partial charge on any atom is -0.387 e. The van der Waals surface area contributed by atoms with Crippen LogP contribution in [0.1, 0.15) is 0 Å². The summed E-state index contributed by atoms with van der Waals surface area (Å²) in [6.07, 6.45) is 0. The van der Waals surface area contributed by atoms with Crippen LogP contribution in [0.3, 0.4) is 0 Å². The summed E-state index contributed by atoms with van der Waals surface area (Å²) in [6, 6.07) is 3.66. The van der Waals surface area contributed by atoms with Gasteiger partial charge in [0.15, 0.2) is 0 Å². The van der Waals surface area contributed by atoms with Gasteiger partial charge in [0.1, 0.15) is 4.90 Å². The molecule has 9 heteroatoms. The number of benzene rings is 1. The molecular weight excluding hydrogens is 286 g/mol. The predicted molar refractivity (Wildman–Crippen MR) is 72.2 cm³/mol. The highest BCUT2D eigenvalue weighted by Gasteiger charge is 2.29. The second kappa shape index (κ2) is 5.73. The van der Waals surface area contributed by atoms with Gasteiger partial charge in [0.2, 0.25) is 10.0 Å². The van der Waals surface area contributed by atoms with Crippen LogP contribution < -0.4 is 5.32 Å². The number of nitro groups is 1. The number of hydrogen-bond donors (Lipinski definition) is 1. The van der Waals surface area contributed by atoms with Crippen LogP contribution in [0.25, 0.3) is 0 Å². The number of anilines is 1. The summed E-state index contributed by atoms with van der Waals surface area (Å²) < 4.78 is 31.5. The summed E-state index contributed by atoms with van der Waals surface area (Å²) >= 11 is 0. The Bertz CT molecular complexity index is 610. The molecule has 0 aliphatic carbocycles. The largest absolute Gasteiger partial charge is 0.387 e. The van der Waals surface area contributed by atoms with E-state index in [1.54, 1.807) is 0 Å². The minimum atomic E-state index is -3.68. The summed E-state index contributed by atoms with van der Waals surface area (Å²) in [5.41, 5.74) is 0.0565. The quantitative estimate of drug-likeness (QED) is 0.647. The van der Waals surface area contributed by atoms with Crippen molar-refractivity contribution in [2.75, 3.05) is 38.7 Å². The van der Waals surface area contributed by atoms with Crippen LogP contribution in [-0.2, 0) is 14.8 Å². The van der Waals surface area contributed by atoms with Crippen molar-refractivity contribution in [1.82, 2.24) is 4.31 Å². The van der Waals surface area contributed by atoms with Crippen LogP contribution in [0.4, 0.5) is 11.4 Å². The van der Waals surface area contributed by atoms with Crippen LogP contribution in [-0.4, -0.2) is 51.0 Å². The SMILES string of the molecule is CNc1cc([N+](=O)[O-])ccc1S(=O)(=O)N1CCOCC1. The van der Waals surface area contributed by atoms with E-state index >= 15 is 0 Å². The van der Waals surface area contributed by atoms with Gasteiger partial charge in [-0.1, -0.05) is 0 Å². The molecule has 1 N–H and O–H groups in total. The molecule has 0 radical (unpaired) electrons. The Morgan fingerprint density at radius 3 is 2.55 bits per heavy atom. The van der Waals surface area contributed by atoms with Crippen molar-refractivity contribution in [3.63, 3.8) is 0 Å². The summed E-state index contributed by atoms with van der Waals surface area (Å²) in [5.74, 6) is 0. The zero-order valence-corrected chi connectivity index (χ0v) is 11.7. The highest BCUT2D eigenvalue weighted by atomic mass is 32.2. The van der Waals surface area contributed by atoms with Gasteiger partial charge in [-0.3, -0.25) is 10.1 Å². The van der Waals surface area contributed by atoms with E-state index in [0.29, 0.717) is 13.2 Å². The van der Waals surface area contributed by atoms with E-state index in [4.69, 9.17) is 4.74 Å². The molecule has 2 rings (SSSR count). The van der Waals surface area contributed by atoms with Crippen molar-refractivity contribution in [2.45, 2.75) is 4.90 Å². The van der Waals surface area contributed by atoms with E-state index in [1.165, 1.54) is 29.6 Å². The number of nitro benzene ring substituents is 1. The van der Waals surface area contributed by atoms with E-state index in [0.717, 1.165) is 0 Å². The fourth-order valence-electron chi connectivity index (χ4n) is 1.98. The third kappa shape index (κ3) is 2.74. The first-order valence-electron chi connectivity index (χ1n) is 6.01. The van der Waals surface area contributed by atoms with Gasteiger partial charge in [-0.15, -0.1) is 0 Å². The van der Waals surface area contributed by atoms with Crippen LogP contribution in [0.15, 0.2) is 23.1 Å². The predicted octanol–water partition coefficient (Wildman–Crippen LogP) is 0.657. The number of sulfonamides is 1. The molecule has 8 nitrogen and oxygen atoms in total. The van der Waals surface area contributed by atoms with E-state index in [9.17, 15) is 18.5 Å². The molecule has 0 saturated carbocycles. The highest BCUT2D eigenvalue weighted by Crippen LogP contribution is 2.28. The highest BCUT2D eigenvalue weighted by molar-refractivity contribution is 7.89. The van der Waals surface area contributed by atoms with Gasteiger partial charge < -0.3 is 10.1 Å². The lowest BCUT2D eigenvalue weighted by Crippen LogP contribution is -2.40. The standard InChI is InChI=1S/C11H15N3O5S/c1-12-10-8-9(14(15)16)2-3-11(10)20(17,18)13-4-6-19-7-5-13/h2-3,8,12H,4-7H2,1H3. The van der Waals surface area contributed by atoms with E-state index in [2.05, 4.69) is 5.32 Å². The van der Waals surface area contributed by atoms with Crippen LogP contribution in [0.2, 0.25) is 0 Å². The fraction of sp³-hybridized carbons (Fsp3) is 0.455. The van der Waals surface area contributed by atoms with Gasteiger partial charge in [-0.2, -0.15) is 4.31 Å². The van der Waals surface area contributed by atoms with Crippen molar-refractivity contribution < 1.29 is 18.1 Å². The normalized spacial score (nSPS) is 16.9.